The average Bonchev–Trinajstić information content (AvgIpc) is 3.40. The molecule has 7 heteroatoms. The monoisotopic (exact) mass is 444 g/mol. The van der Waals surface area contributed by atoms with Crippen LogP contribution in [0, 0.1) is 13.8 Å². The Bertz CT molecular complexity index is 1320. The number of benzene rings is 2. The fraction of sp³-hybridized carbons (Fsp3) is 0.240. The highest BCUT2D eigenvalue weighted by atomic mass is 32.1. The van der Waals surface area contributed by atoms with E-state index in [1.54, 1.807) is 12.1 Å². The van der Waals surface area contributed by atoms with Crippen molar-refractivity contribution in [2.24, 2.45) is 0 Å². The molecular weight excluding hydrogens is 420 g/mol. The van der Waals surface area contributed by atoms with Gasteiger partial charge in [0.2, 0.25) is 0 Å². The number of nitrogens with one attached hydrogen (secondary N) is 2. The summed E-state index contributed by atoms with van der Waals surface area (Å²) in [4.78, 5) is 27.0. The largest absolute Gasteiger partial charge is 0.349 e. The van der Waals surface area contributed by atoms with Crippen molar-refractivity contribution < 1.29 is 9.59 Å². The maximum atomic E-state index is 13.1. The number of aryl methyl sites for hydroxylation is 2. The topological polar surface area (TPSA) is 76.0 Å². The summed E-state index contributed by atoms with van der Waals surface area (Å²) in [6.07, 6.45) is 2.07. The maximum Gasteiger partial charge on any atom is 0.265 e. The third-order valence-electron chi connectivity index (χ3n) is 5.67. The van der Waals surface area contributed by atoms with E-state index in [0.29, 0.717) is 28.7 Å². The average molecular weight is 445 g/mol. The molecule has 2 aromatic heterocycles. The van der Waals surface area contributed by atoms with Gasteiger partial charge in [-0.2, -0.15) is 5.10 Å². The van der Waals surface area contributed by atoms with Crippen molar-refractivity contribution in [2.75, 3.05) is 5.32 Å². The number of hydrogen-bond acceptors (Lipinski definition) is 4. The van der Waals surface area contributed by atoms with Crippen molar-refractivity contribution in [2.45, 2.75) is 39.3 Å². The SMILES string of the molecule is Cc1ccc(C(=O)NC2CC2)cc1NC(=O)c1cc2c(C)nn(Cc3ccccc3)c2s1. The summed E-state index contributed by atoms with van der Waals surface area (Å²) in [5, 5.41) is 11.6. The van der Waals surface area contributed by atoms with Crippen molar-refractivity contribution in [3.05, 3.63) is 81.9 Å². The number of hydrogen-bond donors (Lipinski definition) is 2. The lowest BCUT2D eigenvalue weighted by atomic mass is 10.1. The summed E-state index contributed by atoms with van der Waals surface area (Å²) in [7, 11) is 0. The number of fused-ring (bicyclic) bond motifs is 1. The summed E-state index contributed by atoms with van der Waals surface area (Å²) in [6, 6.07) is 17.8. The minimum Gasteiger partial charge on any atom is -0.349 e. The number of carbonyl (C=O) groups is 2. The quantitative estimate of drug-likeness (QED) is 0.444. The molecule has 0 atom stereocenters. The molecule has 1 fully saturated rings. The van der Waals surface area contributed by atoms with E-state index in [1.807, 2.05) is 48.9 Å². The highest BCUT2D eigenvalue weighted by molar-refractivity contribution is 7.20. The zero-order valence-electron chi connectivity index (χ0n) is 18.0. The Labute approximate surface area is 190 Å². The van der Waals surface area contributed by atoms with E-state index in [0.717, 1.165) is 39.9 Å². The predicted octanol–water partition coefficient (Wildman–Crippen LogP) is 4.91. The summed E-state index contributed by atoms with van der Waals surface area (Å²) in [5.41, 5.74) is 4.19. The van der Waals surface area contributed by atoms with Crippen molar-refractivity contribution in [3.63, 3.8) is 0 Å². The fourth-order valence-electron chi connectivity index (χ4n) is 3.67. The molecule has 1 saturated carbocycles. The van der Waals surface area contributed by atoms with Crippen molar-refractivity contribution in [1.82, 2.24) is 15.1 Å². The maximum absolute atomic E-state index is 13.1. The van der Waals surface area contributed by atoms with Crippen LogP contribution >= 0.6 is 11.3 Å². The molecule has 32 heavy (non-hydrogen) atoms. The normalized spacial score (nSPS) is 13.3. The van der Waals surface area contributed by atoms with Gasteiger partial charge in [-0.25, -0.2) is 0 Å². The van der Waals surface area contributed by atoms with E-state index >= 15 is 0 Å². The third kappa shape index (κ3) is 4.16. The summed E-state index contributed by atoms with van der Waals surface area (Å²) < 4.78 is 1.95. The molecule has 0 radical (unpaired) electrons. The van der Waals surface area contributed by atoms with E-state index in [4.69, 9.17) is 0 Å². The molecular formula is C25H24N4O2S. The molecule has 0 bridgehead atoms. The first kappa shape index (κ1) is 20.5. The zero-order chi connectivity index (χ0) is 22.2. The molecule has 2 N–H and O–H groups in total. The van der Waals surface area contributed by atoms with Gasteiger partial charge in [0, 0.05) is 22.7 Å². The van der Waals surface area contributed by atoms with Crippen LogP contribution in [-0.4, -0.2) is 27.6 Å². The molecule has 0 saturated heterocycles. The van der Waals surface area contributed by atoms with Gasteiger partial charge in [-0.15, -0.1) is 11.3 Å². The number of thiophene rings is 1. The summed E-state index contributed by atoms with van der Waals surface area (Å²) in [5.74, 6) is -0.277. The minimum atomic E-state index is -0.181. The lowest BCUT2D eigenvalue weighted by Crippen LogP contribution is -2.25. The lowest BCUT2D eigenvalue weighted by Gasteiger charge is -2.10. The summed E-state index contributed by atoms with van der Waals surface area (Å²) in [6.45, 7) is 4.54. The van der Waals surface area contributed by atoms with Crippen LogP contribution in [0.3, 0.4) is 0 Å². The Hall–Kier alpha value is -3.45. The smallest absolute Gasteiger partial charge is 0.265 e. The standard InChI is InChI=1S/C25H24N4O2S/c1-15-8-9-18(23(30)26-19-10-11-19)12-21(15)27-24(31)22-13-20-16(2)28-29(25(20)32-22)14-17-6-4-3-5-7-17/h3-9,12-13,19H,10-11,14H2,1-2H3,(H,26,30)(H,27,31). The first-order valence-electron chi connectivity index (χ1n) is 10.7. The second kappa shape index (κ2) is 8.24. The molecule has 2 heterocycles. The van der Waals surface area contributed by atoms with Crippen LogP contribution in [0.15, 0.2) is 54.6 Å². The molecule has 2 amide bonds. The Balaban J connectivity index is 1.38. The number of amides is 2. The van der Waals surface area contributed by atoms with Crippen LogP contribution in [0.25, 0.3) is 10.2 Å². The van der Waals surface area contributed by atoms with Gasteiger partial charge in [-0.1, -0.05) is 36.4 Å². The first-order chi connectivity index (χ1) is 15.5. The molecule has 162 valence electrons. The fourth-order valence-corrected chi connectivity index (χ4v) is 4.72. The lowest BCUT2D eigenvalue weighted by molar-refractivity contribution is 0.0949. The highest BCUT2D eigenvalue weighted by Gasteiger charge is 2.24. The number of aromatic nitrogens is 2. The number of nitrogens with zero attached hydrogens (tertiary/aromatic N) is 2. The van der Waals surface area contributed by atoms with E-state index in [9.17, 15) is 9.59 Å². The molecule has 1 aliphatic carbocycles. The predicted molar refractivity (Wildman–Crippen MR) is 128 cm³/mol. The molecule has 1 aliphatic rings. The van der Waals surface area contributed by atoms with Gasteiger partial charge in [0.25, 0.3) is 11.8 Å². The first-order valence-corrected chi connectivity index (χ1v) is 11.5. The molecule has 0 unspecified atom stereocenters. The van der Waals surface area contributed by atoms with E-state index in [-0.39, 0.29) is 11.8 Å². The Kier molecular flexibility index (Phi) is 5.27. The zero-order valence-corrected chi connectivity index (χ0v) is 18.8. The second-order valence-corrected chi connectivity index (χ2v) is 9.32. The van der Waals surface area contributed by atoms with Crippen LogP contribution in [0.5, 0.6) is 0 Å². The molecule has 4 aromatic rings. The van der Waals surface area contributed by atoms with Gasteiger partial charge in [0.05, 0.1) is 17.1 Å². The van der Waals surface area contributed by atoms with Gasteiger partial charge in [-0.3, -0.25) is 14.3 Å². The Morgan fingerprint density at radius 1 is 1.06 bits per heavy atom. The van der Waals surface area contributed by atoms with E-state index in [2.05, 4.69) is 27.9 Å². The Morgan fingerprint density at radius 2 is 1.84 bits per heavy atom. The van der Waals surface area contributed by atoms with E-state index < -0.39 is 0 Å². The Morgan fingerprint density at radius 3 is 2.59 bits per heavy atom. The van der Waals surface area contributed by atoms with Crippen LogP contribution in [0.1, 0.15) is 49.7 Å². The van der Waals surface area contributed by atoms with Crippen LogP contribution < -0.4 is 10.6 Å². The number of rotatable bonds is 6. The van der Waals surface area contributed by atoms with Crippen LogP contribution in [-0.2, 0) is 6.54 Å². The van der Waals surface area contributed by atoms with Crippen LogP contribution in [0.4, 0.5) is 5.69 Å². The van der Waals surface area contributed by atoms with Gasteiger partial charge in [0.15, 0.2) is 0 Å². The van der Waals surface area contributed by atoms with Gasteiger partial charge in [0.1, 0.15) is 4.83 Å². The van der Waals surface area contributed by atoms with Crippen molar-refractivity contribution in [3.8, 4) is 0 Å². The van der Waals surface area contributed by atoms with Crippen LogP contribution in [0.2, 0.25) is 0 Å². The third-order valence-corrected chi connectivity index (χ3v) is 6.81. The van der Waals surface area contributed by atoms with Crippen molar-refractivity contribution in [1.29, 1.82) is 0 Å². The number of carbonyl (C=O) groups excluding carboxylic acids is 2. The molecule has 5 rings (SSSR count). The molecule has 6 nitrogen and oxygen atoms in total. The second-order valence-electron chi connectivity index (χ2n) is 8.29. The molecule has 0 aliphatic heterocycles. The van der Waals surface area contributed by atoms with Gasteiger partial charge < -0.3 is 10.6 Å². The highest BCUT2D eigenvalue weighted by Crippen LogP contribution is 2.30. The minimum absolute atomic E-state index is 0.0958. The van der Waals surface area contributed by atoms with Gasteiger partial charge >= 0.3 is 0 Å². The number of anilines is 1. The van der Waals surface area contributed by atoms with Crippen molar-refractivity contribution >= 4 is 39.1 Å². The molecule has 2 aromatic carbocycles. The summed E-state index contributed by atoms with van der Waals surface area (Å²) >= 11 is 1.43. The molecule has 0 spiro atoms. The van der Waals surface area contributed by atoms with Gasteiger partial charge in [-0.05, 0) is 56.0 Å². The van der Waals surface area contributed by atoms with E-state index in [1.165, 1.54) is 11.3 Å².